The Hall–Kier alpha value is -2.91. The van der Waals surface area contributed by atoms with Gasteiger partial charge >= 0.3 is 6.18 Å². The van der Waals surface area contributed by atoms with Gasteiger partial charge < -0.3 is 5.32 Å². The number of rotatable bonds is 5. The molecule has 1 amide bonds. The molecular weight excluding hydrogens is 373 g/mol. The van der Waals surface area contributed by atoms with Crippen molar-refractivity contribution in [1.29, 1.82) is 0 Å². The van der Waals surface area contributed by atoms with Crippen LogP contribution in [-0.2, 0) is 19.3 Å². The van der Waals surface area contributed by atoms with Gasteiger partial charge in [-0.1, -0.05) is 0 Å². The maximum Gasteiger partial charge on any atom is 0.433 e. The van der Waals surface area contributed by atoms with Crippen molar-refractivity contribution in [3.8, 4) is 0 Å². The van der Waals surface area contributed by atoms with Crippen molar-refractivity contribution in [1.82, 2.24) is 29.7 Å². The van der Waals surface area contributed by atoms with Crippen LogP contribution in [-0.4, -0.2) is 30.3 Å². The van der Waals surface area contributed by atoms with Gasteiger partial charge in [-0.25, -0.2) is 9.50 Å². The highest BCUT2D eigenvalue weighted by Gasteiger charge is 2.37. The zero-order valence-electron chi connectivity index (χ0n) is 15.4. The molecule has 4 rings (SSSR count). The van der Waals surface area contributed by atoms with E-state index >= 15 is 0 Å². The molecule has 3 aromatic heterocycles. The van der Waals surface area contributed by atoms with E-state index in [2.05, 4.69) is 20.5 Å². The SMILES string of the molecule is CCn1ncc(CNC(=O)c2cnn3c(C(F)(F)F)cc(C4CC4)nc23)c1C. The first-order valence-electron chi connectivity index (χ1n) is 9.05. The van der Waals surface area contributed by atoms with Crippen molar-refractivity contribution >= 4 is 11.6 Å². The van der Waals surface area contributed by atoms with Gasteiger partial charge in [0.05, 0.1) is 12.4 Å². The van der Waals surface area contributed by atoms with Crippen molar-refractivity contribution in [2.24, 2.45) is 0 Å². The van der Waals surface area contributed by atoms with Crippen LogP contribution in [0.4, 0.5) is 13.2 Å². The molecule has 1 aliphatic rings. The number of hydrogen-bond donors (Lipinski definition) is 1. The lowest BCUT2D eigenvalue weighted by Crippen LogP contribution is -2.23. The summed E-state index contributed by atoms with van der Waals surface area (Å²) < 4.78 is 42.8. The molecular formula is C18H19F3N6O. The molecule has 3 heterocycles. The fraction of sp³-hybridized carbons (Fsp3) is 0.444. The zero-order valence-corrected chi connectivity index (χ0v) is 15.4. The molecule has 0 spiro atoms. The van der Waals surface area contributed by atoms with Crippen LogP contribution in [0.3, 0.4) is 0 Å². The number of halogens is 3. The first-order chi connectivity index (χ1) is 13.3. The van der Waals surface area contributed by atoms with E-state index in [1.807, 2.05) is 13.8 Å². The topological polar surface area (TPSA) is 77.1 Å². The number of hydrogen-bond acceptors (Lipinski definition) is 4. The summed E-state index contributed by atoms with van der Waals surface area (Å²) in [4.78, 5) is 16.9. The molecule has 1 saturated carbocycles. The minimum absolute atomic E-state index is 0.0134. The standard InChI is InChI=1S/C18H19F3N6O/c1-3-26-10(2)12(8-23-26)7-22-17(28)13-9-24-27-15(18(19,20)21)6-14(11-4-5-11)25-16(13)27/h6,8-9,11H,3-5,7H2,1-2H3,(H,22,28). The third-order valence-corrected chi connectivity index (χ3v) is 4.97. The van der Waals surface area contributed by atoms with Gasteiger partial charge in [0.1, 0.15) is 11.3 Å². The third kappa shape index (κ3) is 3.23. The Labute approximate surface area is 158 Å². The highest BCUT2D eigenvalue weighted by molar-refractivity contribution is 5.99. The second-order valence-electron chi connectivity index (χ2n) is 6.89. The molecule has 1 N–H and O–H groups in total. The van der Waals surface area contributed by atoms with Crippen LogP contribution in [0.15, 0.2) is 18.5 Å². The summed E-state index contributed by atoms with van der Waals surface area (Å²) in [5.74, 6) is -0.508. The van der Waals surface area contributed by atoms with Gasteiger partial charge in [0.15, 0.2) is 5.65 Å². The summed E-state index contributed by atoms with van der Waals surface area (Å²) in [6.07, 6.45) is -0.184. The molecule has 0 unspecified atom stereocenters. The van der Waals surface area contributed by atoms with Crippen LogP contribution in [0.5, 0.6) is 0 Å². The van der Waals surface area contributed by atoms with Gasteiger partial charge in [0, 0.05) is 36.0 Å². The Balaban J connectivity index is 1.65. The van der Waals surface area contributed by atoms with Crippen molar-refractivity contribution < 1.29 is 18.0 Å². The number of nitrogens with zero attached hydrogens (tertiary/aromatic N) is 5. The van der Waals surface area contributed by atoms with Gasteiger partial charge in [-0.2, -0.15) is 23.4 Å². The molecule has 0 atom stereocenters. The second-order valence-corrected chi connectivity index (χ2v) is 6.89. The first-order valence-corrected chi connectivity index (χ1v) is 9.05. The van der Waals surface area contributed by atoms with E-state index in [0.717, 1.165) is 36.4 Å². The molecule has 148 valence electrons. The second kappa shape index (κ2) is 6.61. The Morgan fingerprint density at radius 1 is 1.29 bits per heavy atom. The Morgan fingerprint density at radius 2 is 2.04 bits per heavy atom. The Bertz CT molecular complexity index is 1050. The van der Waals surface area contributed by atoms with Gasteiger partial charge in [0.25, 0.3) is 5.91 Å². The summed E-state index contributed by atoms with van der Waals surface area (Å²) >= 11 is 0. The number of fused-ring (bicyclic) bond motifs is 1. The maximum absolute atomic E-state index is 13.4. The minimum Gasteiger partial charge on any atom is -0.348 e. The maximum atomic E-state index is 13.4. The average molecular weight is 392 g/mol. The summed E-state index contributed by atoms with van der Waals surface area (Å²) in [6.45, 7) is 4.79. The Kier molecular flexibility index (Phi) is 4.35. The van der Waals surface area contributed by atoms with Crippen molar-refractivity contribution in [3.05, 3.63) is 46.7 Å². The number of nitrogens with one attached hydrogen (secondary N) is 1. The third-order valence-electron chi connectivity index (χ3n) is 4.97. The highest BCUT2D eigenvalue weighted by Crippen LogP contribution is 2.41. The molecule has 10 heteroatoms. The molecule has 0 radical (unpaired) electrons. The number of carbonyl (C=O) groups excluding carboxylic acids is 1. The number of alkyl halides is 3. The van der Waals surface area contributed by atoms with Crippen LogP contribution in [0.25, 0.3) is 5.65 Å². The van der Waals surface area contributed by atoms with Crippen LogP contribution >= 0.6 is 0 Å². The monoisotopic (exact) mass is 392 g/mol. The summed E-state index contributed by atoms with van der Waals surface area (Å²) in [5, 5.41) is 10.7. The van der Waals surface area contributed by atoms with Crippen molar-refractivity contribution in [2.75, 3.05) is 0 Å². The fourth-order valence-corrected chi connectivity index (χ4v) is 3.18. The van der Waals surface area contributed by atoms with E-state index in [-0.39, 0.29) is 23.7 Å². The normalized spacial score (nSPS) is 14.6. The lowest BCUT2D eigenvalue weighted by molar-refractivity contribution is -0.142. The van der Waals surface area contributed by atoms with Crippen LogP contribution < -0.4 is 5.32 Å². The van der Waals surface area contributed by atoms with Crippen molar-refractivity contribution in [3.63, 3.8) is 0 Å². The smallest absolute Gasteiger partial charge is 0.348 e. The van der Waals surface area contributed by atoms with E-state index < -0.39 is 17.8 Å². The predicted octanol–water partition coefficient (Wildman–Crippen LogP) is 3.08. The molecule has 3 aromatic rings. The average Bonchev–Trinajstić information content (AvgIpc) is 3.32. The zero-order chi connectivity index (χ0) is 20.1. The van der Waals surface area contributed by atoms with Crippen LogP contribution in [0, 0.1) is 6.92 Å². The predicted molar refractivity (Wildman–Crippen MR) is 93.8 cm³/mol. The van der Waals surface area contributed by atoms with Gasteiger partial charge in [-0.05, 0) is 32.8 Å². The first kappa shape index (κ1) is 18.5. The lowest BCUT2D eigenvalue weighted by atomic mass is 10.2. The van der Waals surface area contributed by atoms with E-state index in [1.54, 1.807) is 10.9 Å². The van der Waals surface area contributed by atoms with Gasteiger partial charge in [-0.3, -0.25) is 9.48 Å². The molecule has 1 fully saturated rings. The molecule has 1 aliphatic carbocycles. The number of carbonyl (C=O) groups is 1. The summed E-state index contributed by atoms with van der Waals surface area (Å²) in [5.41, 5.74) is 1.15. The molecule has 0 saturated heterocycles. The minimum atomic E-state index is -4.59. The summed E-state index contributed by atoms with van der Waals surface area (Å²) in [7, 11) is 0. The fourth-order valence-electron chi connectivity index (χ4n) is 3.18. The summed E-state index contributed by atoms with van der Waals surface area (Å²) in [6, 6.07) is 1.03. The van der Waals surface area contributed by atoms with Crippen LogP contribution in [0.1, 0.15) is 58.7 Å². The lowest BCUT2D eigenvalue weighted by Gasteiger charge is -2.11. The van der Waals surface area contributed by atoms with E-state index in [1.165, 1.54) is 0 Å². The van der Waals surface area contributed by atoms with Crippen LogP contribution in [0.2, 0.25) is 0 Å². The molecule has 0 aromatic carbocycles. The molecule has 0 aliphatic heterocycles. The van der Waals surface area contributed by atoms with Gasteiger partial charge in [-0.15, -0.1) is 0 Å². The number of aryl methyl sites for hydroxylation is 1. The van der Waals surface area contributed by atoms with Gasteiger partial charge in [0.2, 0.25) is 0 Å². The molecule has 7 nitrogen and oxygen atoms in total. The number of aromatic nitrogens is 5. The molecule has 0 bridgehead atoms. The highest BCUT2D eigenvalue weighted by atomic mass is 19.4. The van der Waals surface area contributed by atoms with E-state index in [4.69, 9.17) is 0 Å². The Morgan fingerprint density at radius 3 is 2.64 bits per heavy atom. The molecule has 28 heavy (non-hydrogen) atoms. The van der Waals surface area contributed by atoms with E-state index in [9.17, 15) is 18.0 Å². The largest absolute Gasteiger partial charge is 0.433 e. The van der Waals surface area contributed by atoms with E-state index in [0.29, 0.717) is 16.8 Å². The quantitative estimate of drug-likeness (QED) is 0.724. The number of amides is 1. The van der Waals surface area contributed by atoms with Crippen molar-refractivity contribution in [2.45, 2.75) is 51.9 Å².